The van der Waals surface area contributed by atoms with E-state index in [0.29, 0.717) is 6.04 Å². The van der Waals surface area contributed by atoms with Gasteiger partial charge in [0.1, 0.15) is 5.60 Å². The Morgan fingerprint density at radius 3 is 2.53 bits per heavy atom. The van der Waals surface area contributed by atoms with Gasteiger partial charge in [-0.25, -0.2) is 4.79 Å². The van der Waals surface area contributed by atoms with E-state index in [2.05, 4.69) is 4.90 Å². The Hall–Kier alpha value is -0.770. The summed E-state index contributed by atoms with van der Waals surface area (Å²) >= 11 is 0. The Morgan fingerprint density at radius 2 is 2.00 bits per heavy atom. The summed E-state index contributed by atoms with van der Waals surface area (Å²) in [5.74, 6) is 0. The number of amides is 1. The van der Waals surface area contributed by atoms with Crippen LogP contribution in [-0.4, -0.2) is 54.7 Å². The molecule has 4 heteroatoms. The summed E-state index contributed by atoms with van der Waals surface area (Å²) in [6.45, 7) is 7.48. The lowest BCUT2D eigenvalue weighted by Crippen LogP contribution is -2.49. The number of piperidine rings is 1. The third-order valence-electron chi connectivity index (χ3n) is 2.83. The Balaban J connectivity index is 2.61. The minimum atomic E-state index is -0.406. The monoisotopic (exact) mass is 242 g/mol. The molecule has 4 nitrogen and oxygen atoms in total. The van der Waals surface area contributed by atoms with Crippen LogP contribution < -0.4 is 0 Å². The van der Waals surface area contributed by atoms with E-state index < -0.39 is 5.60 Å². The summed E-state index contributed by atoms with van der Waals surface area (Å²) in [6, 6.07) is 0.300. The fourth-order valence-electron chi connectivity index (χ4n) is 2.17. The second-order valence-electron chi connectivity index (χ2n) is 6.09. The van der Waals surface area contributed by atoms with Crippen molar-refractivity contribution in [3.8, 4) is 0 Å². The van der Waals surface area contributed by atoms with Crippen LogP contribution in [-0.2, 0) is 4.74 Å². The third-order valence-corrected chi connectivity index (χ3v) is 2.83. The van der Waals surface area contributed by atoms with Crippen LogP contribution in [0.3, 0.4) is 0 Å². The molecule has 0 bridgehead atoms. The predicted octanol–water partition coefficient (Wildman–Crippen LogP) is 2.34. The Morgan fingerprint density at radius 1 is 1.35 bits per heavy atom. The van der Waals surface area contributed by atoms with Gasteiger partial charge < -0.3 is 14.5 Å². The van der Waals surface area contributed by atoms with Gasteiger partial charge in [-0.15, -0.1) is 0 Å². The number of rotatable bonds is 2. The van der Waals surface area contributed by atoms with Crippen LogP contribution in [0, 0.1) is 0 Å². The van der Waals surface area contributed by atoms with Crippen molar-refractivity contribution in [2.75, 3.05) is 27.2 Å². The van der Waals surface area contributed by atoms with Crippen LogP contribution >= 0.6 is 0 Å². The van der Waals surface area contributed by atoms with Gasteiger partial charge >= 0.3 is 6.09 Å². The minimum Gasteiger partial charge on any atom is -0.444 e. The molecule has 0 radical (unpaired) electrons. The fourth-order valence-corrected chi connectivity index (χ4v) is 2.17. The zero-order valence-corrected chi connectivity index (χ0v) is 11.8. The normalized spacial score (nSPS) is 21.8. The Kier molecular flexibility index (Phi) is 4.80. The summed E-state index contributed by atoms with van der Waals surface area (Å²) in [7, 11) is 4.09. The van der Waals surface area contributed by atoms with Crippen LogP contribution in [0.25, 0.3) is 0 Å². The molecule has 0 aromatic heterocycles. The molecule has 1 rings (SSSR count). The van der Waals surface area contributed by atoms with Crippen molar-refractivity contribution < 1.29 is 9.53 Å². The lowest BCUT2D eigenvalue weighted by atomic mass is 10.0. The van der Waals surface area contributed by atoms with Gasteiger partial charge in [-0.1, -0.05) is 0 Å². The van der Waals surface area contributed by atoms with Crippen LogP contribution in [0.15, 0.2) is 0 Å². The predicted molar refractivity (Wildman–Crippen MR) is 69.1 cm³/mol. The van der Waals surface area contributed by atoms with E-state index in [9.17, 15) is 4.79 Å². The number of carbonyl (C=O) groups excluding carboxylic acids is 1. The van der Waals surface area contributed by atoms with E-state index in [-0.39, 0.29) is 6.09 Å². The number of likely N-dealkylation sites (N-methyl/N-ethyl adjacent to an activating group) is 1. The van der Waals surface area contributed by atoms with E-state index in [1.807, 2.05) is 39.8 Å². The highest BCUT2D eigenvalue weighted by Gasteiger charge is 2.30. The maximum absolute atomic E-state index is 12.1. The first-order chi connectivity index (χ1) is 7.79. The van der Waals surface area contributed by atoms with Crippen LogP contribution in [0.4, 0.5) is 4.79 Å². The summed E-state index contributed by atoms with van der Waals surface area (Å²) in [5, 5.41) is 0. The average Bonchev–Trinajstić information content (AvgIpc) is 2.14. The van der Waals surface area contributed by atoms with E-state index >= 15 is 0 Å². The Bertz CT molecular complexity index is 259. The molecule has 17 heavy (non-hydrogen) atoms. The first-order valence-corrected chi connectivity index (χ1v) is 6.44. The van der Waals surface area contributed by atoms with Gasteiger partial charge in [-0.05, 0) is 54.1 Å². The van der Waals surface area contributed by atoms with Crippen molar-refractivity contribution in [3.05, 3.63) is 0 Å². The molecule has 0 aromatic carbocycles. The lowest BCUT2D eigenvalue weighted by Gasteiger charge is -2.37. The fraction of sp³-hybridized carbons (Fsp3) is 0.923. The molecule has 0 saturated carbocycles. The van der Waals surface area contributed by atoms with Gasteiger partial charge in [0.05, 0.1) is 0 Å². The molecule has 0 spiro atoms. The first kappa shape index (κ1) is 14.3. The largest absolute Gasteiger partial charge is 0.444 e. The molecule has 1 amide bonds. The highest BCUT2D eigenvalue weighted by Crippen LogP contribution is 2.20. The number of hydrogen-bond acceptors (Lipinski definition) is 3. The molecular formula is C13H26N2O2. The van der Waals surface area contributed by atoms with Gasteiger partial charge in [-0.2, -0.15) is 0 Å². The summed E-state index contributed by atoms with van der Waals surface area (Å²) in [6.07, 6.45) is 3.21. The zero-order valence-electron chi connectivity index (χ0n) is 11.8. The van der Waals surface area contributed by atoms with Crippen molar-refractivity contribution in [3.63, 3.8) is 0 Å². The summed E-state index contributed by atoms with van der Waals surface area (Å²) in [5.41, 5.74) is -0.406. The number of likely N-dealkylation sites (tertiary alicyclic amines) is 1. The molecular weight excluding hydrogens is 216 g/mol. The maximum atomic E-state index is 12.1. The van der Waals surface area contributed by atoms with E-state index in [1.54, 1.807) is 0 Å². The van der Waals surface area contributed by atoms with Crippen molar-refractivity contribution in [1.82, 2.24) is 9.80 Å². The van der Waals surface area contributed by atoms with Gasteiger partial charge in [0, 0.05) is 19.1 Å². The van der Waals surface area contributed by atoms with Crippen LogP contribution in [0.2, 0.25) is 0 Å². The molecule has 1 heterocycles. The molecule has 0 unspecified atom stereocenters. The SMILES string of the molecule is CN(C)C[C@@H]1CCCCN1C(=O)OC(C)(C)C. The quantitative estimate of drug-likeness (QED) is 0.745. The molecule has 100 valence electrons. The average molecular weight is 242 g/mol. The smallest absolute Gasteiger partial charge is 0.410 e. The second kappa shape index (κ2) is 5.71. The zero-order chi connectivity index (χ0) is 13.1. The van der Waals surface area contributed by atoms with Gasteiger partial charge in [0.2, 0.25) is 0 Å². The highest BCUT2D eigenvalue weighted by molar-refractivity contribution is 5.68. The highest BCUT2D eigenvalue weighted by atomic mass is 16.6. The second-order valence-corrected chi connectivity index (χ2v) is 6.09. The van der Waals surface area contributed by atoms with Crippen LogP contribution in [0.5, 0.6) is 0 Å². The lowest BCUT2D eigenvalue weighted by molar-refractivity contribution is 0.00699. The standard InChI is InChI=1S/C13H26N2O2/c1-13(2,3)17-12(16)15-9-7-6-8-11(15)10-14(4)5/h11H,6-10H2,1-5H3/t11-/m0/s1. The van der Waals surface area contributed by atoms with Crippen molar-refractivity contribution in [2.45, 2.75) is 51.7 Å². The topological polar surface area (TPSA) is 32.8 Å². The van der Waals surface area contributed by atoms with Crippen molar-refractivity contribution in [2.24, 2.45) is 0 Å². The van der Waals surface area contributed by atoms with E-state index in [1.165, 1.54) is 6.42 Å². The molecule has 1 aliphatic heterocycles. The molecule has 1 saturated heterocycles. The first-order valence-electron chi connectivity index (χ1n) is 6.44. The number of nitrogens with zero attached hydrogens (tertiary/aromatic N) is 2. The van der Waals surface area contributed by atoms with E-state index in [4.69, 9.17) is 4.74 Å². The molecule has 1 atom stereocenters. The summed E-state index contributed by atoms with van der Waals surface area (Å²) < 4.78 is 5.46. The Labute approximate surface area is 105 Å². The minimum absolute atomic E-state index is 0.163. The van der Waals surface area contributed by atoms with Crippen LogP contribution in [0.1, 0.15) is 40.0 Å². The van der Waals surface area contributed by atoms with Crippen molar-refractivity contribution in [1.29, 1.82) is 0 Å². The van der Waals surface area contributed by atoms with Gasteiger partial charge in [0.15, 0.2) is 0 Å². The molecule has 1 fully saturated rings. The van der Waals surface area contributed by atoms with Gasteiger partial charge in [0.25, 0.3) is 0 Å². The summed E-state index contributed by atoms with van der Waals surface area (Å²) in [4.78, 5) is 16.1. The number of ether oxygens (including phenoxy) is 1. The number of carbonyl (C=O) groups is 1. The van der Waals surface area contributed by atoms with Gasteiger partial charge in [-0.3, -0.25) is 0 Å². The molecule has 0 N–H and O–H groups in total. The molecule has 0 aromatic rings. The third kappa shape index (κ3) is 4.94. The van der Waals surface area contributed by atoms with Crippen molar-refractivity contribution >= 4 is 6.09 Å². The molecule has 0 aliphatic carbocycles. The maximum Gasteiger partial charge on any atom is 0.410 e. The molecule has 1 aliphatic rings. The van der Waals surface area contributed by atoms with E-state index in [0.717, 1.165) is 25.9 Å². The number of hydrogen-bond donors (Lipinski definition) is 0.